The van der Waals surface area contributed by atoms with Crippen molar-refractivity contribution in [3.8, 4) is 28.6 Å². The van der Waals surface area contributed by atoms with E-state index in [4.69, 9.17) is 19.2 Å². The number of fused-ring (bicyclic) bond motifs is 6. The van der Waals surface area contributed by atoms with Crippen molar-refractivity contribution >= 4 is 35.0 Å². The third kappa shape index (κ3) is 8.35. The van der Waals surface area contributed by atoms with Crippen LogP contribution >= 0.6 is 0 Å². The lowest BCUT2D eigenvalue weighted by Crippen LogP contribution is -2.49. The molecular weight excluding hydrogens is 952 g/mol. The lowest BCUT2D eigenvalue weighted by Gasteiger charge is -2.34. The molecule has 1 aliphatic carbocycles. The lowest BCUT2D eigenvalue weighted by molar-refractivity contribution is -0.172. The Morgan fingerprint density at radius 1 is 0.892 bits per heavy atom. The van der Waals surface area contributed by atoms with Crippen molar-refractivity contribution in [1.82, 2.24) is 29.6 Å². The number of hydrogen-bond donors (Lipinski definition) is 4. The monoisotopic (exact) mass is 1010 g/mol. The Hall–Kier alpha value is -7.83. The first-order valence-electron chi connectivity index (χ1n) is 25.0. The SMILES string of the molecule is CC[C@@]1(O)C(=O)OCc2c1cc1n(c2=O)Cc2c-1nc1cc(F)c(C)c3c1c2[C@@H](NC(=O)OCc1ccc(OC(=O)N2CCN(Cc4ccc5c(c4)CN(C(=O)c4cc(C(C)C)c(O)cc4O)C5)CC2)cc1)CC3. The molecule has 0 saturated carbocycles. The summed E-state index contributed by atoms with van der Waals surface area (Å²) in [6.45, 7) is 10.6. The van der Waals surface area contributed by atoms with Crippen LogP contribution < -0.4 is 15.6 Å². The average molecular weight is 1010 g/mol. The summed E-state index contributed by atoms with van der Waals surface area (Å²) in [5.74, 6) is -1.53. The van der Waals surface area contributed by atoms with Gasteiger partial charge in [-0.1, -0.05) is 51.1 Å². The van der Waals surface area contributed by atoms with Crippen LogP contribution in [0.3, 0.4) is 0 Å². The standard InChI is InChI=1S/C56H55FN6O11/c1-5-56(71)41-20-45-50-39(26-63(45)52(67)40(41)28-72-53(56)68)49-43(13-12-36-30(4)42(57)21-44(58-50)48(36)49)59-54(69)73-27-31-7-10-35(11-8-31)74-55(70)61-16-14-60(15-17-61)23-32-6-9-33-24-62(25-34(33)18-32)51(66)38-19-37(29(2)3)46(64)22-47(38)65/h6-11,18-22,29,43,64-65,71H,5,12-17,23-28H2,1-4H3,(H,59,69)/t43-,56-/m0/s1. The topological polar surface area (TPSA) is 213 Å². The number of phenolic OH excluding ortho intramolecular Hbond substituents is 2. The Balaban J connectivity index is 0.692. The Labute approximate surface area is 424 Å². The second kappa shape index (κ2) is 18.6. The zero-order chi connectivity index (χ0) is 51.9. The van der Waals surface area contributed by atoms with Gasteiger partial charge in [0, 0.05) is 74.5 Å². The molecule has 5 aliphatic rings. The number of carbonyl (C=O) groups is 4. The molecule has 6 heterocycles. The Kier molecular flexibility index (Phi) is 12.2. The Morgan fingerprint density at radius 2 is 1.64 bits per heavy atom. The number of nitrogens with one attached hydrogen (secondary N) is 1. The molecule has 18 heteroatoms. The predicted molar refractivity (Wildman–Crippen MR) is 267 cm³/mol. The van der Waals surface area contributed by atoms with Gasteiger partial charge in [-0.3, -0.25) is 14.5 Å². The molecule has 17 nitrogen and oxygen atoms in total. The van der Waals surface area contributed by atoms with Crippen LogP contribution in [0.1, 0.15) is 117 Å². The molecule has 0 radical (unpaired) electrons. The number of piperazine rings is 1. The molecule has 4 N–H and O–H groups in total. The number of alkyl carbamates (subject to hydrolysis) is 1. The van der Waals surface area contributed by atoms with E-state index in [2.05, 4.69) is 22.3 Å². The van der Waals surface area contributed by atoms with Crippen LogP contribution in [-0.4, -0.2) is 89.8 Å². The van der Waals surface area contributed by atoms with E-state index in [0.717, 1.165) is 22.3 Å². The predicted octanol–water partition coefficient (Wildman–Crippen LogP) is 7.45. The maximum atomic E-state index is 15.4. The van der Waals surface area contributed by atoms with Gasteiger partial charge in [0.15, 0.2) is 5.60 Å². The van der Waals surface area contributed by atoms with Gasteiger partial charge in [-0.2, -0.15) is 0 Å². The normalized spacial score (nSPS) is 18.7. The molecule has 11 rings (SSSR count). The maximum Gasteiger partial charge on any atom is 0.415 e. The van der Waals surface area contributed by atoms with E-state index in [-0.39, 0.29) is 66.2 Å². The molecule has 3 amide bonds. The summed E-state index contributed by atoms with van der Waals surface area (Å²) in [6.07, 6.45) is -0.311. The van der Waals surface area contributed by atoms with E-state index in [0.29, 0.717) is 115 Å². The second-order valence-corrected chi connectivity index (χ2v) is 20.2. The number of nitrogens with zero attached hydrogens (tertiary/aromatic N) is 5. The molecular formula is C56H55FN6O11. The van der Waals surface area contributed by atoms with Crippen molar-refractivity contribution in [2.24, 2.45) is 0 Å². The number of aromatic hydroxyl groups is 2. The number of amides is 3. The fourth-order valence-electron chi connectivity index (χ4n) is 11.3. The molecule has 382 valence electrons. The number of cyclic esters (lactones) is 1. The van der Waals surface area contributed by atoms with Crippen LogP contribution in [0.2, 0.25) is 0 Å². The minimum absolute atomic E-state index is 0.0171. The number of aliphatic hydroxyl groups is 1. The molecule has 2 atom stereocenters. The van der Waals surface area contributed by atoms with Crippen LogP contribution in [0.15, 0.2) is 71.5 Å². The largest absolute Gasteiger partial charge is 0.508 e. The van der Waals surface area contributed by atoms with Crippen molar-refractivity contribution in [3.63, 3.8) is 0 Å². The third-order valence-electron chi connectivity index (χ3n) is 15.5. The summed E-state index contributed by atoms with van der Waals surface area (Å²) in [5.41, 5.74) is 6.25. The molecule has 4 aliphatic heterocycles. The van der Waals surface area contributed by atoms with Gasteiger partial charge in [-0.05, 0) is 101 Å². The Bertz CT molecular complexity index is 3420. The van der Waals surface area contributed by atoms with Gasteiger partial charge in [0.05, 0.1) is 40.6 Å². The fourth-order valence-corrected chi connectivity index (χ4v) is 11.3. The molecule has 0 unspecified atom stereocenters. The van der Waals surface area contributed by atoms with Crippen molar-refractivity contribution < 1.29 is 53.1 Å². The fraction of sp³-hybridized carbons (Fsp3) is 0.357. The van der Waals surface area contributed by atoms with E-state index in [9.17, 15) is 39.3 Å². The number of rotatable bonds is 9. The molecule has 1 fully saturated rings. The highest BCUT2D eigenvalue weighted by atomic mass is 19.1. The summed E-state index contributed by atoms with van der Waals surface area (Å²) in [6, 6.07) is 18.1. The van der Waals surface area contributed by atoms with Crippen LogP contribution in [0.4, 0.5) is 14.0 Å². The van der Waals surface area contributed by atoms with Crippen molar-refractivity contribution in [3.05, 3.63) is 150 Å². The van der Waals surface area contributed by atoms with Crippen LogP contribution in [0.5, 0.6) is 17.2 Å². The number of ether oxygens (including phenoxy) is 3. The Morgan fingerprint density at radius 3 is 2.38 bits per heavy atom. The van der Waals surface area contributed by atoms with Gasteiger partial charge in [0.1, 0.15) is 36.3 Å². The van der Waals surface area contributed by atoms with Crippen molar-refractivity contribution in [2.75, 3.05) is 26.2 Å². The summed E-state index contributed by atoms with van der Waals surface area (Å²) >= 11 is 0. The number of carbonyl (C=O) groups excluding carboxylic acids is 4. The van der Waals surface area contributed by atoms with Crippen LogP contribution in [0.25, 0.3) is 22.3 Å². The second-order valence-electron chi connectivity index (χ2n) is 20.2. The quantitative estimate of drug-likeness (QED) is 0.104. The zero-order valence-corrected chi connectivity index (χ0v) is 41.4. The van der Waals surface area contributed by atoms with E-state index in [1.165, 1.54) is 16.7 Å². The molecule has 6 aromatic rings. The van der Waals surface area contributed by atoms with Gasteiger partial charge in [-0.25, -0.2) is 23.8 Å². The van der Waals surface area contributed by atoms with Crippen molar-refractivity contribution in [2.45, 2.75) is 104 Å². The van der Waals surface area contributed by atoms with E-state index < -0.39 is 41.2 Å². The summed E-state index contributed by atoms with van der Waals surface area (Å²) in [5, 5.41) is 35.9. The number of hydrogen-bond acceptors (Lipinski definition) is 13. The van der Waals surface area contributed by atoms with Crippen LogP contribution in [0, 0.1) is 12.7 Å². The molecule has 0 bridgehead atoms. The summed E-state index contributed by atoms with van der Waals surface area (Å²) < 4.78 is 33.6. The smallest absolute Gasteiger partial charge is 0.415 e. The van der Waals surface area contributed by atoms with Gasteiger partial charge < -0.3 is 49.2 Å². The van der Waals surface area contributed by atoms with Crippen LogP contribution in [-0.2, 0) is 65.7 Å². The highest BCUT2D eigenvalue weighted by Crippen LogP contribution is 2.46. The number of aryl methyl sites for hydroxylation is 1. The third-order valence-corrected chi connectivity index (χ3v) is 15.5. The van der Waals surface area contributed by atoms with Crippen molar-refractivity contribution in [1.29, 1.82) is 0 Å². The first kappa shape index (κ1) is 48.4. The molecule has 0 spiro atoms. The molecule has 2 aromatic heterocycles. The zero-order valence-electron chi connectivity index (χ0n) is 41.4. The number of esters is 1. The minimum atomic E-state index is -2.02. The molecule has 1 saturated heterocycles. The number of pyridine rings is 2. The molecule has 4 aromatic carbocycles. The van der Waals surface area contributed by atoms with Gasteiger partial charge in [0.25, 0.3) is 11.5 Å². The van der Waals surface area contributed by atoms with E-state index >= 15 is 4.39 Å². The maximum absolute atomic E-state index is 15.4. The average Bonchev–Trinajstić information content (AvgIpc) is 3.99. The highest BCUT2D eigenvalue weighted by Gasteiger charge is 2.46. The summed E-state index contributed by atoms with van der Waals surface area (Å²) in [4.78, 5) is 77.5. The number of halogens is 1. The number of phenols is 2. The van der Waals surface area contributed by atoms with E-state index in [1.807, 2.05) is 19.9 Å². The van der Waals surface area contributed by atoms with E-state index in [1.54, 1.807) is 60.0 Å². The summed E-state index contributed by atoms with van der Waals surface area (Å²) in [7, 11) is 0. The first-order chi connectivity index (χ1) is 35.5. The molecule has 74 heavy (non-hydrogen) atoms. The highest BCUT2D eigenvalue weighted by molar-refractivity contribution is 5.98. The number of benzene rings is 4. The lowest BCUT2D eigenvalue weighted by atomic mass is 9.81. The minimum Gasteiger partial charge on any atom is -0.508 e. The van der Waals surface area contributed by atoms with Gasteiger partial charge in [-0.15, -0.1) is 0 Å². The van der Waals surface area contributed by atoms with Gasteiger partial charge >= 0.3 is 18.2 Å². The first-order valence-corrected chi connectivity index (χ1v) is 25.0. The van der Waals surface area contributed by atoms with Gasteiger partial charge in [0.2, 0.25) is 0 Å². The number of aromatic nitrogens is 2.